The maximum Gasteiger partial charge on any atom is 0.315 e. The van der Waals surface area contributed by atoms with Gasteiger partial charge in [-0.3, -0.25) is 19.2 Å². The standard InChI is InChI=1S/C36H61N5O7S/c1-10-11-15-24(27(42)30(44)37-22-16-17-22)38-29(43)26-25-23(35(25,8)9)20-41(26)31(45)28(33(2,3)4)39-32(46)40-36(18-13-12-14-19-36)21-49(47,48)34(5,6)7/h22-26,28H,10-21H2,1-9H3,(H,37,44)(H,38,43)(H2,39,40,46)/t23-,24-,25-,26-,28+/m0/s1/i18D2,19D2. The van der Waals surface area contributed by atoms with Crippen LogP contribution >= 0.6 is 0 Å². The van der Waals surface area contributed by atoms with Crippen molar-refractivity contribution < 1.29 is 37.9 Å². The number of amides is 5. The minimum absolute atomic E-state index is 0.0443. The van der Waals surface area contributed by atoms with Gasteiger partial charge in [0.1, 0.15) is 12.1 Å². The average molecular weight is 712 g/mol. The van der Waals surface area contributed by atoms with Crippen molar-refractivity contribution in [2.24, 2.45) is 22.7 Å². The van der Waals surface area contributed by atoms with Gasteiger partial charge in [0.05, 0.1) is 22.1 Å². The highest BCUT2D eigenvalue weighted by atomic mass is 32.2. The van der Waals surface area contributed by atoms with Crippen LogP contribution in [0.15, 0.2) is 0 Å². The van der Waals surface area contributed by atoms with Crippen LogP contribution in [-0.2, 0) is 29.0 Å². The molecular formula is C36H61N5O7S. The third kappa shape index (κ3) is 8.79. The number of hydrogen-bond acceptors (Lipinski definition) is 7. The number of hydrogen-bond donors (Lipinski definition) is 4. The second kappa shape index (κ2) is 14.1. The number of nitrogens with one attached hydrogen (secondary N) is 4. The summed E-state index contributed by atoms with van der Waals surface area (Å²) in [6.45, 7) is 15.5. The van der Waals surface area contributed by atoms with Crippen LogP contribution in [0, 0.1) is 22.7 Å². The Kier molecular flexibility index (Phi) is 9.65. The predicted molar refractivity (Wildman–Crippen MR) is 188 cm³/mol. The zero-order valence-corrected chi connectivity index (χ0v) is 31.6. The number of unbranched alkanes of at least 4 members (excludes halogenated alkanes) is 1. The maximum absolute atomic E-state index is 14.6. The molecule has 0 unspecified atom stereocenters. The molecule has 278 valence electrons. The molecule has 13 heteroatoms. The van der Waals surface area contributed by atoms with Crippen LogP contribution in [0.3, 0.4) is 0 Å². The fraction of sp³-hybridized carbons (Fsp3) is 0.861. The Morgan fingerprint density at radius 1 is 0.959 bits per heavy atom. The normalized spacial score (nSPS) is 29.0. The van der Waals surface area contributed by atoms with Crippen LogP contribution in [-0.4, -0.2) is 89.6 Å². The van der Waals surface area contributed by atoms with E-state index in [9.17, 15) is 32.4 Å². The van der Waals surface area contributed by atoms with Crippen LogP contribution in [0.1, 0.15) is 132 Å². The molecule has 5 amide bonds. The van der Waals surface area contributed by atoms with Crippen molar-refractivity contribution >= 4 is 39.4 Å². The molecule has 49 heavy (non-hydrogen) atoms. The van der Waals surface area contributed by atoms with Crippen molar-refractivity contribution in [1.82, 2.24) is 26.2 Å². The molecule has 0 radical (unpaired) electrons. The van der Waals surface area contributed by atoms with Crippen molar-refractivity contribution in [3.8, 4) is 0 Å². The minimum Gasteiger partial charge on any atom is -0.347 e. The number of Topliss-reactive ketones (excluding diaryl/α,β-unsaturated/α-hetero) is 1. The highest BCUT2D eigenvalue weighted by molar-refractivity contribution is 7.92. The predicted octanol–water partition coefficient (Wildman–Crippen LogP) is 3.62. The molecule has 0 aromatic heterocycles. The molecule has 3 saturated carbocycles. The third-order valence-corrected chi connectivity index (χ3v) is 13.3. The van der Waals surface area contributed by atoms with Crippen molar-refractivity contribution in [2.75, 3.05) is 12.3 Å². The second-order valence-electron chi connectivity index (χ2n) is 17.1. The second-order valence-corrected chi connectivity index (χ2v) is 19.8. The lowest BCUT2D eigenvalue weighted by atomic mass is 9.83. The van der Waals surface area contributed by atoms with E-state index in [0.29, 0.717) is 6.42 Å². The number of fused-ring (bicyclic) bond motifs is 1. The molecule has 0 spiro atoms. The van der Waals surface area contributed by atoms with E-state index in [2.05, 4.69) is 21.3 Å². The number of urea groups is 1. The van der Waals surface area contributed by atoms with E-state index >= 15 is 0 Å². The van der Waals surface area contributed by atoms with E-state index in [1.54, 1.807) is 20.8 Å². The first-order valence-electron chi connectivity index (χ1n) is 19.8. The Morgan fingerprint density at radius 2 is 1.57 bits per heavy atom. The van der Waals surface area contributed by atoms with Gasteiger partial charge < -0.3 is 26.2 Å². The van der Waals surface area contributed by atoms with Gasteiger partial charge >= 0.3 is 6.03 Å². The fourth-order valence-electron chi connectivity index (χ4n) is 7.05. The summed E-state index contributed by atoms with van der Waals surface area (Å²) < 4.78 is 61.2. The number of likely N-dealkylation sites (tertiary alicyclic amines) is 1. The zero-order chi connectivity index (χ0) is 40.3. The van der Waals surface area contributed by atoms with E-state index in [1.165, 1.54) is 25.7 Å². The van der Waals surface area contributed by atoms with E-state index in [-0.39, 0.29) is 55.5 Å². The molecule has 1 heterocycles. The van der Waals surface area contributed by atoms with Crippen LogP contribution in [0.25, 0.3) is 0 Å². The molecular weight excluding hydrogens is 646 g/mol. The molecule has 4 fully saturated rings. The molecule has 0 aromatic carbocycles. The number of ketones is 1. The van der Waals surface area contributed by atoms with Crippen LogP contribution in [0.4, 0.5) is 4.79 Å². The highest BCUT2D eigenvalue weighted by Gasteiger charge is 2.70. The number of carbonyl (C=O) groups is 5. The quantitative estimate of drug-likeness (QED) is 0.212. The Labute approximate surface area is 299 Å². The van der Waals surface area contributed by atoms with Gasteiger partial charge in [0.15, 0.2) is 9.84 Å². The lowest BCUT2D eigenvalue weighted by Gasteiger charge is -2.41. The topological polar surface area (TPSA) is 171 Å². The van der Waals surface area contributed by atoms with Crippen molar-refractivity contribution in [3.05, 3.63) is 0 Å². The monoisotopic (exact) mass is 711 g/mol. The molecule has 1 aliphatic heterocycles. The Hall–Kier alpha value is -2.70. The summed E-state index contributed by atoms with van der Waals surface area (Å²) in [7, 11) is -4.18. The van der Waals surface area contributed by atoms with Gasteiger partial charge in [0, 0.05) is 18.1 Å². The summed E-state index contributed by atoms with van der Waals surface area (Å²) in [4.78, 5) is 70.0. The minimum atomic E-state index is -4.18. The summed E-state index contributed by atoms with van der Waals surface area (Å²) in [6, 6.07) is -4.56. The van der Waals surface area contributed by atoms with Gasteiger partial charge in [-0.25, -0.2) is 13.2 Å². The number of nitrogens with zero attached hydrogens (tertiary/aromatic N) is 1. The lowest BCUT2D eigenvalue weighted by molar-refractivity contribution is -0.145. The number of carbonyl (C=O) groups excluding carboxylic acids is 5. The SMILES string of the molecule is [2H]C1([2H])CCCC([2H])([2H])C1(CS(=O)(=O)C(C)(C)C)NC(=O)N[C@H](C(=O)N1C[C@H]2[C@@H]([C@H]1C(=O)N[C@@H](CCCC)C(=O)C(=O)NC1CC1)C2(C)C)C(C)(C)C. The summed E-state index contributed by atoms with van der Waals surface area (Å²) in [5.41, 5.74) is -3.77. The number of sulfone groups is 1. The fourth-order valence-corrected chi connectivity index (χ4v) is 8.33. The zero-order valence-electron chi connectivity index (χ0n) is 34.7. The molecule has 4 N–H and O–H groups in total. The molecule has 12 nitrogen and oxygen atoms in total. The Morgan fingerprint density at radius 3 is 2.10 bits per heavy atom. The summed E-state index contributed by atoms with van der Waals surface area (Å²) in [5, 5.41) is 10.6. The highest BCUT2D eigenvalue weighted by Crippen LogP contribution is 2.65. The van der Waals surface area contributed by atoms with Gasteiger partial charge in [-0.15, -0.1) is 0 Å². The first-order valence-corrected chi connectivity index (χ1v) is 19.5. The molecule has 5 atom stereocenters. The first kappa shape index (κ1) is 33.4. The smallest absolute Gasteiger partial charge is 0.315 e. The largest absolute Gasteiger partial charge is 0.347 e. The molecule has 4 aliphatic rings. The molecule has 0 aromatic rings. The molecule has 1 saturated heterocycles. The first-order chi connectivity index (χ1) is 24.0. The van der Waals surface area contributed by atoms with E-state index in [1.807, 2.05) is 20.8 Å². The van der Waals surface area contributed by atoms with Gasteiger partial charge in [0.2, 0.25) is 17.6 Å². The van der Waals surface area contributed by atoms with Gasteiger partial charge in [-0.2, -0.15) is 0 Å². The lowest BCUT2D eigenvalue weighted by Crippen LogP contribution is -2.64. The summed E-state index contributed by atoms with van der Waals surface area (Å²) in [6.07, 6.45) is -2.06. The van der Waals surface area contributed by atoms with E-state index in [0.717, 1.165) is 19.3 Å². The average Bonchev–Trinajstić information content (AvgIpc) is 3.85. The maximum atomic E-state index is 14.6. The Bertz CT molecular complexity index is 1570. The molecule has 3 aliphatic carbocycles. The number of rotatable bonds is 13. The summed E-state index contributed by atoms with van der Waals surface area (Å²) >= 11 is 0. The van der Waals surface area contributed by atoms with E-state index in [4.69, 9.17) is 5.48 Å². The Balaban J connectivity index is 1.63. The summed E-state index contributed by atoms with van der Waals surface area (Å²) in [5.74, 6) is -3.98. The van der Waals surface area contributed by atoms with Gasteiger partial charge in [-0.1, -0.05) is 73.6 Å². The van der Waals surface area contributed by atoms with Gasteiger partial charge in [0.25, 0.3) is 5.91 Å². The van der Waals surface area contributed by atoms with Crippen molar-refractivity contribution in [3.63, 3.8) is 0 Å². The van der Waals surface area contributed by atoms with Crippen LogP contribution in [0.2, 0.25) is 0 Å². The van der Waals surface area contributed by atoms with Crippen molar-refractivity contribution in [1.29, 1.82) is 0 Å². The van der Waals surface area contributed by atoms with E-state index < -0.39 is 91.7 Å². The number of piperidine rings is 1. The third-order valence-electron chi connectivity index (χ3n) is 10.6. The van der Waals surface area contributed by atoms with Crippen molar-refractivity contribution in [2.45, 2.75) is 161 Å². The van der Waals surface area contributed by atoms with Crippen LogP contribution in [0.5, 0.6) is 0 Å². The molecule has 0 bridgehead atoms. The molecule has 4 rings (SSSR count). The van der Waals surface area contributed by atoms with Crippen LogP contribution < -0.4 is 21.3 Å². The van der Waals surface area contributed by atoms with Gasteiger partial charge in [-0.05, 0) is 75.4 Å².